The summed E-state index contributed by atoms with van der Waals surface area (Å²) in [6.45, 7) is 1.91. The van der Waals surface area contributed by atoms with Gasteiger partial charge in [-0.3, -0.25) is 9.79 Å². The van der Waals surface area contributed by atoms with E-state index in [1.165, 1.54) is 11.8 Å². The van der Waals surface area contributed by atoms with E-state index in [0.717, 1.165) is 46.7 Å². The topological polar surface area (TPSA) is 75.5 Å². The Morgan fingerprint density at radius 3 is 2.45 bits per heavy atom. The van der Waals surface area contributed by atoms with Crippen LogP contribution in [0.1, 0.15) is 18.4 Å². The van der Waals surface area contributed by atoms with Gasteiger partial charge >= 0.3 is 0 Å². The van der Waals surface area contributed by atoms with E-state index in [4.69, 9.17) is 19.5 Å². The molecule has 2 aromatic rings. The second kappa shape index (κ2) is 10.3. The number of thioether (sulfide) groups is 1. The number of likely N-dealkylation sites (tertiary alicyclic amines) is 1. The van der Waals surface area contributed by atoms with Gasteiger partial charge in [0.1, 0.15) is 5.04 Å². The van der Waals surface area contributed by atoms with E-state index < -0.39 is 5.66 Å². The van der Waals surface area contributed by atoms with E-state index in [2.05, 4.69) is 33.2 Å². The standard InChI is InChI=1S/C24H27BrN4O3S/c1-29-12-10-24(11-13-29)27-22(16-4-6-17(25)7-5-16)23(28-24)33-15-21(30)26-18-8-9-19(31-2)20(14-18)32-3/h4-9,14H,10-13,15H2,1-3H3,(H,26,30). The lowest BCUT2D eigenvalue weighted by Gasteiger charge is -2.33. The predicted molar refractivity (Wildman–Crippen MR) is 138 cm³/mol. The van der Waals surface area contributed by atoms with Crippen molar-refractivity contribution in [2.24, 2.45) is 9.98 Å². The number of ether oxygens (including phenoxy) is 2. The summed E-state index contributed by atoms with van der Waals surface area (Å²) in [6.07, 6.45) is 1.76. The molecule has 2 aliphatic heterocycles. The third-order valence-electron chi connectivity index (χ3n) is 5.74. The number of methoxy groups -OCH3 is 2. The number of benzene rings is 2. The highest BCUT2D eigenvalue weighted by molar-refractivity contribution is 9.10. The third kappa shape index (κ3) is 5.59. The van der Waals surface area contributed by atoms with E-state index in [0.29, 0.717) is 17.2 Å². The lowest BCUT2D eigenvalue weighted by atomic mass is 9.99. The Kier molecular flexibility index (Phi) is 7.41. The van der Waals surface area contributed by atoms with Gasteiger partial charge in [0.2, 0.25) is 5.91 Å². The molecule has 1 fully saturated rings. The van der Waals surface area contributed by atoms with Gasteiger partial charge in [0, 0.05) is 47.7 Å². The Hall–Kier alpha value is -2.36. The summed E-state index contributed by atoms with van der Waals surface area (Å²) in [6, 6.07) is 13.4. The van der Waals surface area contributed by atoms with Crippen LogP contribution < -0.4 is 14.8 Å². The largest absolute Gasteiger partial charge is 0.493 e. The Morgan fingerprint density at radius 2 is 1.79 bits per heavy atom. The highest BCUT2D eigenvalue weighted by Gasteiger charge is 2.39. The molecule has 0 saturated carbocycles. The van der Waals surface area contributed by atoms with Gasteiger partial charge in [-0.15, -0.1) is 0 Å². The number of aliphatic imine (C=N–C) groups is 2. The lowest BCUT2D eigenvalue weighted by molar-refractivity contribution is -0.113. The highest BCUT2D eigenvalue weighted by atomic mass is 79.9. The van der Waals surface area contributed by atoms with E-state index in [1.807, 2.05) is 24.3 Å². The molecule has 2 aromatic carbocycles. The van der Waals surface area contributed by atoms with Crippen molar-refractivity contribution >= 4 is 50.0 Å². The first kappa shape index (κ1) is 23.8. The molecule has 1 saturated heterocycles. The smallest absolute Gasteiger partial charge is 0.234 e. The molecule has 174 valence electrons. The van der Waals surface area contributed by atoms with Crippen LogP contribution in [0.2, 0.25) is 0 Å². The van der Waals surface area contributed by atoms with Crippen molar-refractivity contribution < 1.29 is 14.3 Å². The predicted octanol–water partition coefficient (Wildman–Crippen LogP) is 4.46. The van der Waals surface area contributed by atoms with E-state index >= 15 is 0 Å². The molecule has 0 bridgehead atoms. The first-order valence-corrected chi connectivity index (χ1v) is 12.5. The Balaban J connectivity index is 1.48. The molecule has 1 spiro atoms. The molecule has 0 aromatic heterocycles. The van der Waals surface area contributed by atoms with Crippen molar-refractivity contribution in [3.05, 3.63) is 52.5 Å². The van der Waals surface area contributed by atoms with Gasteiger partial charge in [-0.1, -0.05) is 39.8 Å². The number of anilines is 1. The number of nitrogens with zero attached hydrogens (tertiary/aromatic N) is 3. The number of hydrogen-bond acceptors (Lipinski definition) is 7. The van der Waals surface area contributed by atoms with E-state index in [9.17, 15) is 4.79 Å². The van der Waals surface area contributed by atoms with E-state index in [1.54, 1.807) is 32.4 Å². The van der Waals surface area contributed by atoms with Crippen molar-refractivity contribution in [2.75, 3.05) is 45.4 Å². The number of carbonyl (C=O) groups is 1. The van der Waals surface area contributed by atoms with Crippen LogP contribution in [0.3, 0.4) is 0 Å². The molecule has 0 radical (unpaired) electrons. The fraction of sp³-hybridized carbons (Fsp3) is 0.375. The zero-order chi connectivity index (χ0) is 23.4. The molecule has 0 atom stereocenters. The van der Waals surface area contributed by atoms with Gasteiger partial charge in [-0.25, -0.2) is 4.99 Å². The number of nitrogens with one attached hydrogen (secondary N) is 1. The van der Waals surface area contributed by atoms with Crippen LogP contribution in [-0.4, -0.2) is 67.3 Å². The van der Waals surface area contributed by atoms with Crippen molar-refractivity contribution in [3.8, 4) is 11.5 Å². The fourth-order valence-corrected chi connectivity index (χ4v) is 5.00. The van der Waals surface area contributed by atoms with Gasteiger partial charge in [-0.05, 0) is 31.3 Å². The number of carbonyl (C=O) groups excluding carboxylic acids is 1. The second-order valence-electron chi connectivity index (χ2n) is 8.08. The molecular formula is C24H27BrN4O3S. The first-order chi connectivity index (χ1) is 15.9. The van der Waals surface area contributed by atoms with Gasteiger partial charge in [0.15, 0.2) is 17.2 Å². The lowest BCUT2D eigenvalue weighted by Crippen LogP contribution is -2.39. The number of amides is 1. The van der Waals surface area contributed by atoms with Crippen LogP contribution in [0.5, 0.6) is 11.5 Å². The average molecular weight is 531 g/mol. The van der Waals surface area contributed by atoms with Gasteiger partial charge in [0.05, 0.1) is 25.7 Å². The maximum atomic E-state index is 12.7. The Labute approximate surface area is 206 Å². The zero-order valence-corrected chi connectivity index (χ0v) is 21.3. The molecule has 0 aliphatic carbocycles. The summed E-state index contributed by atoms with van der Waals surface area (Å²) in [4.78, 5) is 25.1. The first-order valence-electron chi connectivity index (χ1n) is 10.7. The van der Waals surface area contributed by atoms with Crippen LogP contribution in [0.15, 0.2) is 56.9 Å². The number of rotatable bonds is 6. The zero-order valence-electron chi connectivity index (χ0n) is 18.9. The Morgan fingerprint density at radius 1 is 1.09 bits per heavy atom. The van der Waals surface area contributed by atoms with Crippen LogP contribution in [-0.2, 0) is 4.79 Å². The fourth-order valence-electron chi connectivity index (χ4n) is 3.86. The minimum Gasteiger partial charge on any atom is -0.493 e. The van der Waals surface area contributed by atoms with Crippen LogP contribution in [0.4, 0.5) is 5.69 Å². The minimum absolute atomic E-state index is 0.116. The highest BCUT2D eigenvalue weighted by Crippen LogP contribution is 2.35. The van der Waals surface area contributed by atoms with Gasteiger partial charge in [-0.2, -0.15) is 0 Å². The molecule has 2 heterocycles. The van der Waals surface area contributed by atoms with Gasteiger partial charge in [0.25, 0.3) is 0 Å². The monoisotopic (exact) mass is 530 g/mol. The maximum Gasteiger partial charge on any atom is 0.234 e. The van der Waals surface area contributed by atoms with Gasteiger partial charge < -0.3 is 19.7 Å². The average Bonchev–Trinajstić information content (AvgIpc) is 3.18. The molecular weight excluding hydrogens is 504 g/mol. The summed E-state index contributed by atoms with van der Waals surface area (Å²) in [7, 11) is 5.27. The minimum atomic E-state index is -0.420. The molecule has 1 amide bonds. The summed E-state index contributed by atoms with van der Waals surface area (Å²) in [5.74, 6) is 1.30. The molecule has 33 heavy (non-hydrogen) atoms. The molecule has 9 heteroatoms. The number of piperidine rings is 1. The normalized spacial score (nSPS) is 17.5. The molecule has 4 rings (SSSR count). The van der Waals surface area contributed by atoms with Crippen molar-refractivity contribution in [2.45, 2.75) is 18.5 Å². The van der Waals surface area contributed by atoms with Crippen molar-refractivity contribution in [1.82, 2.24) is 4.90 Å². The van der Waals surface area contributed by atoms with E-state index in [-0.39, 0.29) is 11.7 Å². The van der Waals surface area contributed by atoms with Crippen molar-refractivity contribution in [3.63, 3.8) is 0 Å². The van der Waals surface area contributed by atoms with Crippen molar-refractivity contribution in [1.29, 1.82) is 0 Å². The summed E-state index contributed by atoms with van der Waals surface area (Å²) in [5, 5.41) is 3.75. The Bertz CT molecular complexity index is 1080. The van der Waals surface area contributed by atoms with Crippen LogP contribution >= 0.6 is 27.7 Å². The SMILES string of the molecule is COc1ccc(NC(=O)CSC2=NC3(CCN(C)CC3)N=C2c2ccc(Br)cc2)cc1OC. The maximum absolute atomic E-state index is 12.7. The number of halogens is 1. The molecule has 0 unspecified atom stereocenters. The molecule has 7 nitrogen and oxygen atoms in total. The summed E-state index contributed by atoms with van der Waals surface area (Å²) < 4.78 is 11.6. The third-order valence-corrected chi connectivity index (χ3v) is 7.24. The van der Waals surface area contributed by atoms with Crippen LogP contribution in [0, 0.1) is 0 Å². The molecule has 2 aliphatic rings. The molecule has 1 N–H and O–H groups in total. The summed E-state index contributed by atoms with van der Waals surface area (Å²) >= 11 is 4.93. The van der Waals surface area contributed by atoms with Crippen LogP contribution in [0.25, 0.3) is 0 Å². The quantitative estimate of drug-likeness (QED) is 0.596. The number of hydrogen-bond donors (Lipinski definition) is 1. The second-order valence-corrected chi connectivity index (χ2v) is 9.96. The summed E-state index contributed by atoms with van der Waals surface area (Å²) in [5.41, 5.74) is 2.12.